The molecule has 5 unspecified atom stereocenters. The summed E-state index contributed by atoms with van der Waals surface area (Å²) < 4.78 is 24.8. The summed E-state index contributed by atoms with van der Waals surface area (Å²) in [5.74, 6) is 0. The van der Waals surface area contributed by atoms with Gasteiger partial charge in [0.1, 0.15) is 12.2 Å². The second-order valence-corrected chi connectivity index (χ2v) is 6.61. The van der Waals surface area contributed by atoms with E-state index < -0.39 is 0 Å². The van der Waals surface area contributed by atoms with Gasteiger partial charge in [-0.2, -0.15) is 0 Å². The fourth-order valence-electron chi connectivity index (χ4n) is 3.55. The third-order valence-corrected chi connectivity index (χ3v) is 4.90. The van der Waals surface area contributed by atoms with Crippen LogP contribution in [-0.4, -0.2) is 24.4 Å². The molecule has 2 aliphatic rings. The topological polar surface area (TPSA) is 36.9 Å². The van der Waals surface area contributed by atoms with Crippen LogP contribution in [0.3, 0.4) is 0 Å². The fraction of sp³-hybridized carbons (Fsp3) is 0.429. The molecule has 0 saturated carbocycles. The van der Waals surface area contributed by atoms with Gasteiger partial charge in [-0.1, -0.05) is 67.6 Å². The number of hydrogen-bond donors (Lipinski definition) is 0. The van der Waals surface area contributed by atoms with E-state index in [1.165, 1.54) is 0 Å². The minimum atomic E-state index is -0.382. The fourth-order valence-corrected chi connectivity index (χ4v) is 3.55. The molecule has 4 nitrogen and oxygen atoms in total. The molecule has 6 atom stereocenters. The summed E-state index contributed by atoms with van der Waals surface area (Å²) in [6.07, 6.45) is -0.290. The second kappa shape index (κ2) is 7.26. The summed E-state index contributed by atoms with van der Waals surface area (Å²) in [4.78, 5) is 0. The number of benzene rings is 2. The van der Waals surface area contributed by atoms with Gasteiger partial charge in [0.15, 0.2) is 12.6 Å². The van der Waals surface area contributed by atoms with Crippen LogP contribution in [0.15, 0.2) is 60.7 Å². The zero-order valence-electron chi connectivity index (χ0n) is 14.6. The zero-order chi connectivity index (χ0) is 17.2. The molecule has 2 aliphatic heterocycles. The average molecular weight is 340 g/mol. The van der Waals surface area contributed by atoms with Crippen LogP contribution in [0.25, 0.3) is 0 Å². The SMILES string of the molecule is CCC1OC(c2ccccc2)OC2C1OC(c1ccccc1)O[C@@H]2C. The van der Waals surface area contributed by atoms with Gasteiger partial charge in [-0.05, 0) is 13.3 Å². The molecule has 0 spiro atoms. The molecule has 132 valence electrons. The molecule has 25 heavy (non-hydrogen) atoms. The predicted molar refractivity (Wildman–Crippen MR) is 93.8 cm³/mol. The van der Waals surface area contributed by atoms with Crippen molar-refractivity contribution in [1.29, 1.82) is 0 Å². The van der Waals surface area contributed by atoms with E-state index in [9.17, 15) is 0 Å². The maximum Gasteiger partial charge on any atom is 0.184 e. The lowest BCUT2D eigenvalue weighted by atomic mass is 9.97. The summed E-state index contributed by atoms with van der Waals surface area (Å²) in [7, 11) is 0. The highest BCUT2D eigenvalue weighted by atomic mass is 16.8. The molecule has 2 aromatic rings. The molecule has 2 heterocycles. The molecule has 4 rings (SSSR count). The Labute approximate surface area is 148 Å². The van der Waals surface area contributed by atoms with Gasteiger partial charge in [-0.15, -0.1) is 0 Å². The van der Waals surface area contributed by atoms with E-state index in [0.717, 1.165) is 17.5 Å². The van der Waals surface area contributed by atoms with E-state index in [1.54, 1.807) is 0 Å². The Morgan fingerprint density at radius 3 is 1.76 bits per heavy atom. The quantitative estimate of drug-likeness (QED) is 0.831. The Morgan fingerprint density at radius 2 is 1.20 bits per heavy atom. The van der Waals surface area contributed by atoms with Gasteiger partial charge in [0.05, 0.1) is 12.2 Å². The first-order chi connectivity index (χ1) is 12.3. The van der Waals surface area contributed by atoms with E-state index >= 15 is 0 Å². The van der Waals surface area contributed by atoms with E-state index in [0.29, 0.717) is 0 Å². The van der Waals surface area contributed by atoms with Crippen LogP contribution in [0.1, 0.15) is 44.0 Å². The molecule has 0 aliphatic carbocycles. The lowest BCUT2D eigenvalue weighted by Gasteiger charge is -2.48. The van der Waals surface area contributed by atoms with E-state index in [4.69, 9.17) is 18.9 Å². The minimum absolute atomic E-state index is 0.0264. The third-order valence-electron chi connectivity index (χ3n) is 4.90. The monoisotopic (exact) mass is 340 g/mol. The summed E-state index contributed by atoms with van der Waals surface area (Å²) in [6, 6.07) is 20.1. The normalized spacial score (nSPS) is 35.1. The smallest absolute Gasteiger partial charge is 0.184 e. The van der Waals surface area contributed by atoms with E-state index in [2.05, 4.69) is 13.8 Å². The lowest BCUT2D eigenvalue weighted by molar-refractivity contribution is -0.380. The van der Waals surface area contributed by atoms with Crippen LogP contribution in [0.5, 0.6) is 0 Å². The van der Waals surface area contributed by atoms with Crippen molar-refractivity contribution >= 4 is 0 Å². The van der Waals surface area contributed by atoms with Gasteiger partial charge in [-0.3, -0.25) is 0 Å². The molecule has 4 heteroatoms. The van der Waals surface area contributed by atoms with Crippen molar-refractivity contribution < 1.29 is 18.9 Å². The van der Waals surface area contributed by atoms with Crippen molar-refractivity contribution in [3.05, 3.63) is 71.8 Å². The lowest BCUT2D eigenvalue weighted by Crippen LogP contribution is -2.57. The van der Waals surface area contributed by atoms with Crippen LogP contribution in [0.2, 0.25) is 0 Å². The van der Waals surface area contributed by atoms with Gasteiger partial charge in [-0.25, -0.2) is 0 Å². The van der Waals surface area contributed by atoms with Gasteiger partial charge < -0.3 is 18.9 Å². The van der Waals surface area contributed by atoms with Gasteiger partial charge in [0, 0.05) is 11.1 Å². The van der Waals surface area contributed by atoms with Crippen LogP contribution in [-0.2, 0) is 18.9 Å². The Kier molecular flexibility index (Phi) is 4.86. The van der Waals surface area contributed by atoms with E-state index in [1.807, 2.05) is 60.7 Å². The van der Waals surface area contributed by atoms with Crippen LogP contribution < -0.4 is 0 Å². The number of fused-ring (bicyclic) bond motifs is 1. The average Bonchev–Trinajstić information content (AvgIpc) is 2.68. The van der Waals surface area contributed by atoms with E-state index in [-0.39, 0.29) is 37.0 Å². The number of hydrogen-bond acceptors (Lipinski definition) is 4. The maximum atomic E-state index is 6.26. The first-order valence-electron chi connectivity index (χ1n) is 8.98. The van der Waals surface area contributed by atoms with Gasteiger partial charge in [0.25, 0.3) is 0 Å². The van der Waals surface area contributed by atoms with Crippen LogP contribution >= 0.6 is 0 Å². The van der Waals surface area contributed by atoms with Crippen molar-refractivity contribution in [3.8, 4) is 0 Å². The minimum Gasteiger partial charge on any atom is -0.343 e. The van der Waals surface area contributed by atoms with Crippen LogP contribution in [0.4, 0.5) is 0 Å². The standard InChI is InChI=1S/C21H24O4/c1-3-17-19-18(24-21(23-17)16-12-8-5-9-13-16)14(2)22-20(25-19)15-10-6-4-7-11-15/h4-14,17-21H,3H2,1-2H3/t14-,17?,18?,19?,20?,21?/m1/s1. The first-order valence-corrected chi connectivity index (χ1v) is 8.98. The summed E-state index contributed by atoms with van der Waals surface area (Å²) in [6.45, 7) is 4.17. The summed E-state index contributed by atoms with van der Waals surface area (Å²) >= 11 is 0. The Morgan fingerprint density at radius 1 is 0.680 bits per heavy atom. The van der Waals surface area contributed by atoms with Crippen LogP contribution in [0, 0.1) is 0 Å². The molecule has 0 radical (unpaired) electrons. The van der Waals surface area contributed by atoms with Crippen molar-refractivity contribution in [1.82, 2.24) is 0 Å². The van der Waals surface area contributed by atoms with Crippen molar-refractivity contribution in [2.24, 2.45) is 0 Å². The molecule has 0 N–H and O–H groups in total. The molecule has 2 aromatic carbocycles. The highest BCUT2D eigenvalue weighted by molar-refractivity contribution is 5.18. The molecule has 0 aromatic heterocycles. The molecule has 0 bridgehead atoms. The third kappa shape index (κ3) is 3.35. The summed E-state index contributed by atoms with van der Waals surface area (Å²) in [5.41, 5.74) is 2.05. The van der Waals surface area contributed by atoms with Gasteiger partial charge in [0.2, 0.25) is 0 Å². The van der Waals surface area contributed by atoms with Crippen molar-refractivity contribution in [2.75, 3.05) is 0 Å². The van der Waals surface area contributed by atoms with Crippen molar-refractivity contribution in [3.63, 3.8) is 0 Å². The number of ether oxygens (including phenoxy) is 4. The molecular weight excluding hydrogens is 316 g/mol. The van der Waals surface area contributed by atoms with Gasteiger partial charge >= 0.3 is 0 Å². The van der Waals surface area contributed by atoms with Crippen molar-refractivity contribution in [2.45, 2.75) is 57.3 Å². The molecule has 2 saturated heterocycles. The largest absolute Gasteiger partial charge is 0.343 e. The highest BCUT2D eigenvalue weighted by Crippen LogP contribution is 2.41. The Hall–Kier alpha value is -1.72. The first kappa shape index (κ1) is 16.7. The highest BCUT2D eigenvalue weighted by Gasteiger charge is 2.48. The number of rotatable bonds is 3. The molecule has 0 amide bonds. The summed E-state index contributed by atoms with van der Waals surface area (Å²) in [5, 5.41) is 0. The zero-order valence-corrected chi connectivity index (χ0v) is 14.6. The Bertz CT molecular complexity index is 675. The second-order valence-electron chi connectivity index (χ2n) is 6.61. The maximum absolute atomic E-state index is 6.26. The molecular formula is C21H24O4. The Balaban J connectivity index is 1.56. The predicted octanol–water partition coefficient (Wildman–Crippen LogP) is 4.38. The molecule has 2 fully saturated rings.